The molecule has 1 N–H and O–H groups in total. The fourth-order valence-electron chi connectivity index (χ4n) is 1.98. The van der Waals surface area contributed by atoms with Crippen LogP contribution in [0.3, 0.4) is 0 Å². The number of nitrogens with zero attached hydrogens (tertiary/aromatic N) is 2. The second-order valence-corrected chi connectivity index (χ2v) is 4.31. The minimum absolute atomic E-state index is 0.472. The van der Waals surface area contributed by atoms with Gasteiger partial charge in [-0.25, -0.2) is 0 Å². The molecule has 4 heteroatoms. The van der Waals surface area contributed by atoms with Gasteiger partial charge >= 0.3 is 0 Å². The van der Waals surface area contributed by atoms with Crippen molar-refractivity contribution in [1.29, 1.82) is 0 Å². The molecule has 0 radical (unpaired) electrons. The van der Waals surface area contributed by atoms with Crippen molar-refractivity contribution >= 4 is 0 Å². The number of aromatic nitrogens is 2. The minimum atomic E-state index is 0.472. The highest BCUT2D eigenvalue weighted by molar-refractivity contribution is 5.05. The van der Waals surface area contributed by atoms with E-state index in [4.69, 9.17) is 4.52 Å². The van der Waals surface area contributed by atoms with E-state index in [9.17, 15) is 0 Å². The molecule has 1 aromatic heterocycles. The van der Waals surface area contributed by atoms with Crippen LogP contribution >= 0.6 is 0 Å². The van der Waals surface area contributed by atoms with Crippen LogP contribution in [0.15, 0.2) is 4.52 Å². The molecule has 4 nitrogen and oxygen atoms in total. The molecule has 2 heterocycles. The molecular weight excluding hydrogens is 178 g/mol. The molecule has 76 valence electrons. The highest BCUT2D eigenvalue weighted by Crippen LogP contribution is 2.39. The largest absolute Gasteiger partial charge is 0.339 e. The Morgan fingerprint density at radius 2 is 2.14 bits per heavy atom. The van der Waals surface area contributed by atoms with E-state index in [1.165, 1.54) is 25.7 Å². The summed E-state index contributed by atoms with van der Waals surface area (Å²) in [7, 11) is 0. The lowest BCUT2D eigenvalue weighted by Gasteiger charge is -2.19. The SMILES string of the molecule is C1CNC[C@@H](c2noc(C3CC3)n2)C1. The fraction of sp³-hybridized carbons (Fsp3) is 0.800. The average Bonchev–Trinajstić information content (AvgIpc) is 2.98. The van der Waals surface area contributed by atoms with Crippen LogP contribution in [0.2, 0.25) is 0 Å². The number of nitrogens with one attached hydrogen (secondary N) is 1. The molecule has 0 aromatic carbocycles. The third-order valence-electron chi connectivity index (χ3n) is 3.05. The maximum Gasteiger partial charge on any atom is 0.229 e. The molecule has 0 spiro atoms. The Hall–Kier alpha value is -0.900. The molecule has 0 unspecified atom stereocenters. The average molecular weight is 193 g/mol. The summed E-state index contributed by atoms with van der Waals surface area (Å²) in [5.74, 6) is 2.83. The molecule has 2 aliphatic rings. The Bertz CT molecular complexity index is 313. The molecule has 0 bridgehead atoms. The van der Waals surface area contributed by atoms with Crippen LogP contribution in [0.25, 0.3) is 0 Å². The summed E-state index contributed by atoms with van der Waals surface area (Å²) in [6, 6.07) is 0. The van der Waals surface area contributed by atoms with Crippen molar-refractivity contribution in [1.82, 2.24) is 15.5 Å². The standard InChI is InChI=1S/C10H15N3O/c1-2-8(6-11-5-1)9-12-10(14-13-9)7-3-4-7/h7-8,11H,1-6H2/t8-/m0/s1. The van der Waals surface area contributed by atoms with Crippen molar-refractivity contribution in [2.75, 3.05) is 13.1 Å². The summed E-state index contributed by atoms with van der Waals surface area (Å²) in [4.78, 5) is 4.48. The van der Waals surface area contributed by atoms with Gasteiger partial charge in [0.1, 0.15) is 0 Å². The van der Waals surface area contributed by atoms with Gasteiger partial charge in [0, 0.05) is 18.4 Å². The van der Waals surface area contributed by atoms with Gasteiger partial charge in [-0.05, 0) is 32.2 Å². The molecule has 1 aliphatic carbocycles. The van der Waals surface area contributed by atoms with E-state index in [2.05, 4.69) is 15.5 Å². The van der Waals surface area contributed by atoms with Gasteiger partial charge in [-0.1, -0.05) is 5.16 Å². The lowest BCUT2D eigenvalue weighted by molar-refractivity contribution is 0.362. The van der Waals surface area contributed by atoms with Gasteiger partial charge in [-0.3, -0.25) is 0 Å². The van der Waals surface area contributed by atoms with E-state index in [1.54, 1.807) is 0 Å². The van der Waals surface area contributed by atoms with Gasteiger partial charge in [0.05, 0.1) is 0 Å². The van der Waals surface area contributed by atoms with E-state index in [0.717, 1.165) is 24.8 Å². The number of hydrogen-bond acceptors (Lipinski definition) is 4. The summed E-state index contributed by atoms with van der Waals surface area (Å²) in [6.07, 6.45) is 4.86. The van der Waals surface area contributed by atoms with Gasteiger partial charge in [0.15, 0.2) is 5.82 Å². The van der Waals surface area contributed by atoms with E-state index in [1.807, 2.05) is 0 Å². The van der Waals surface area contributed by atoms with Gasteiger partial charge < -0.3 is 9.84 Å². The predicted octanol–water partition coefficient (Wildman–Crippen LogP) is 1.41. The van der Waals surface area contributed by atoms with Gasteiger partial charge in [0.25, 0.3) is 0 Å². The lowest BCUT2D eigenvalue weighted by Crippen LogP contribution is -2.28. The Kier molecular flexibility index (Phi) is 2.01. The van der Waals surface area contributed by atoms with Crippen molar-refractivity contribution in [2.45, 2.75) is 37.5 Å². The second kappa shape index (κ2) is 3.35. The zero-order valence-corrected chi connectivity index (χ0v) is 8.20. The summed E-state index contributed by atoms with van der Waals surface area (Å²) in [6.45, 7) is 2.13. The van der Waals surface area contributed by atoms with Crippen LogP contribution in [-0.2, 0) is 0 Å². The Balaban J connectivity index is 1.74. The van der Waals surface area contributed by atoms with Crippen molar-refractivity contribution in [2.24, 2.45) is 0 Å². The maximum atomic E-state index is 5.25. The van der Waals surface area contributed by atoms with Crippen LogP contribution < -0.4 is 5.32 Å². The molecule has 2 fully saturated rings. The number of hydrogen-bond donors (Lipinski definition) is 1. The highest BCUT2D eigenvalue weighted by atomic mass is 16.5. The maximum absolute atomic E-state index is 5.25. The van der Waals surface area contributed by atoms with Crippen molar-refractivity contribution < 1.29 is 4.52 Å². The van der Waals surface area contributed by atoms with Crippen LogP contribution in [-0.4, -0.2) is 23.2 Å². The van der Waals surface area contributed by atoms with Crippen LogP contribution in [0.1, 0.15) is 49.2 Å². The summed E-state index contributed by atoms with van der Waals surface area (Å²) in [5, 5.41) is 7.44. The van der Waals surface area contributed by atoms with Crippen molar-refractivity contribution in [3.8, 4) is 0 Å². The summed E-state index contributed by atoms with van der Waals surface area (Å²) >= 11 is 0. The topological polar surface area (TPSA) is 51.0 Å². The zero-order chi connectivity index (χ0) is 9.38. The molecular formula is C10H15N3O. The first kappa shape index (κ1) is 8.41. The highest BCUT2D eigenvalue weighted by Gasteiger charge is 2.31. The van der Waals surface area contributed by atoms with E-state index in [0.29, 0.717) is 11.8 Å². The predicted molar refractivity (Wildman–Crippen MR) is 51.1 cm³/mol. The first-order chi connectivity index (χ1) is 6.93. The lowest BCUT2D eigenvalue weighted by atomic mass is 9.99. The van der Waals surface area contributed by atoms with E-state index in [-0.39, 0.29) is 0 Å². The molecule has 1 aliphatic heterocycles. The first-order valence-corrected chi connectivity index (χ1v) is 5.47. The first-order valence-electron chi connectivity index (χ1n) is 5.47. The minimum Gasteiger partial charge on any atom is -0.339 e. The normalized spacial score (nSPS) is 27.9. The molecule has 1 saturated carbocycles. The third-order valence-corrected chi connectivity index (χ3v) is 3.05. The number of rotatable bonds is 2. The van der Waals surface area contributed by atoms with E-state index < -0.39 is 0 Å². The van der Waals surface area contributed by atoms with Gasteiger partial charge in [-0.15, -0.1) is 0 Å². The fourth-order valence-corrected chi connectivity index (χ4v) is 1.98. The second-order valence-electron chi connectivity index (χ2n) is 4.31. The Morgan fingerprint density at radius 3 is 2.86 bits per heavy atom. The monoisotopic (exact) mass is 193 g/mol. The van der Waals surface area contributed by atoms with Crippen molar-refractivity contribution in [3.63, 3.8) is 0 Å². The summed E-state index contributed by atoms with van der Waals surface area (Å²) < 4.78 is 5.25. The van der Waals surface area contributed by atoms with Crippen molar-refractivity contribution in [3.05, 3.63) is 11.7 Å². The third kappa shape index (κ3) is 1.54. The molecule has 0 amide bonds. The molecule has 1 atom stereocenters. The molecule has 1 aromatic rings. The zero-order valence-electron chi connectivity index (χ0n) is 8.20. The van der Waals surface area contributed by atoms with Gasteiger partial charge in [0.2, 0.25) is 5.89 Å². The summed E-state index contributed by atoms with van der Waals surface area (Å²) in [5.41, 5.74) is 0. The quantitative estimate of drug-likeness (QED) is 0.771. The Labute approximate surface area is 83.1 Å². The van der Waals surface area contributed by atoms with E-state index >= 15 is 0 Å². The van der Waals surface area contributed by atoms with Crippen LogP contribution in [0.4, 0.5) is 0 Å². The molecule has 3 rings (SSSR count). The molecule has 1 saturated heterocycles. The van der Waals surface area contributed by atoms with Gasteiger partial charge in [-0.2, -0.15) is 4.98 Å². The van der Waals surface area contributed by atoms with Crippen LogP contribution in [0.5, 0.6) is 0 Å². The Morgan fingerprint density at radius 1 is 1.21 bits per heavy atom. The number of piperidine rings is 1. The molecule has 14 heavy (non-hydrogen) atoms. The smallest absolute Gasteiger partial charge is 0.229 e. The van der Waals surface area contributed by atoms with Crippen LogP contribution in [0, 0.1) is 0 Å².